The number of alkyl halides is 3. The normalized spacial score (nSPS) is 11.6. The summed E-state index contributed by atoms with van der Waals surface area (Å²) in [5.41, 5.74) is 2.70. The molecule has 0 aliphatic rings. The third-order valence-corrected chi connectivity index (χ3v) is 5.20. The quantitative estimate of drug-likeness (QED) is 0.454. The fourth-order valence-corrected chi connectivity index (χ4v) is 3.57. The van der Waals surface area contributed by atoms with Gasteiger partial charge in [0.25, 0.3) is 0 Å². The summed E-state index contributed by atoms with van der Waals surface area (Å²) < 4.78 is 40.7. The van der Waals surface area contributed by atoms with Crippen LogP contribution in [0.25, 0.3) is 17.1 Å². The highest BCUT2D eigenvalue weighted by Crippen LogP contribution is 2.31. The van der Waals surface area contributed by atoms with Crippen LogP contribution in [0.1, 0.15) is 28.3 Å². The minimum atomic E-state index is -4.45. The standard InChI is InChI=1S/C23H21F3N6O/c1-13-20(14(2)32(31-13)19-9-5-7-17(11-19)23(24,25)26)12-21(33)28-18-8-4-6-16(10-18)22-27-15(3)29-30-22/h4-11H,12H2,1-3H3,(H,28,33)(H,27,29,30). The molecule has 7 nitrogen and oxygen atoms in total. The van der Waals surface area contributed by atoms with E-state index in [1.807, 2.05) is 6.07 Å². The number of anilines is 1. The molecular weight excluding hydrogens is 433 g/mol. The molecule has 4 aromatic rings. The molecule has 0 unspecified atom stereocenters. The summed E-state index contributed by atoms with van der Waals surface area (Å²) in [6.45, 7) is 5.26. The predicted molar refractivity (Wildman–Crippen MR) is 117 cm³/mol. The van der Waals surface area contributed by atoms with Gasteiger partial charge in [-0.05, 0) is 51.1 Å². The summed E-state index contributed by atoms with van der Waals surface area (Å²) >= 11 is 0. The minimum Gasteiger partial charge on any atom is -0.326 e. The Kier molecular flexibility index (Phi) is 5.75. The van der Waals surface area contributed by atoms with Gasteiger partial charge in [-0.1, -0.05) is 18.2 Å². The largest absolute Gasteiger partial charge is 0.416 e. The molecule has 0 saturated heterocycles. The summed E-state index contributed by atoms with van der Waals surface area (Å²) in [6, 6.07) is 12.1. The molecule has 0 atom stereocenters. The first-order valence-corrected chi connectivity index (χ1v) is 10.1. The number of nitrogens with zero attached hydrogens (tertiary/aromatic N) is 4. The van der Waals surface area contributed by atoms with E-state index in [9.17, 15) is 18.0 Å². The zero-order valence-corrected chi connectivity index (χ0v) is 18.2. The van der Waals surface area contributed by atoms with Crippen molar-refractivity contribution in [1.82, 2.24) is 25.0 Å². The Morgan fingerprint density at radius 1 is 1.09 bits per heavy atom. The average molecular weight is 454 g/mol. The Hall–Kier alpha value is -3.95. The smallest absolute Gasteiger partial charge is 0.326 e. The van der Waals surface area contributed by atoms with Gasteiger partial charge in [0, 0.05) is 22.5 Å². The SMILES string of the molecule is Cc1nc(-c2cccc(NC(=O)Cc3c(C)nn(-c4cccc(C(F)(F)F)c4)c3C)c2)n[nH]1. The maximum atomic E-state index is 13.1. The number of carbonyl (C=O) groups is 1. The number of carbonyl (C=O) groups excluding carboxylic acids is 1. The highest BCUT2D eigenvalue weighted by atomic mass is 19.4. The van der Waals surface area contributed by atoms with E-state index in [4.69, 9.17) is 0 Å². The van der Waals surface area contributed by atoms with E-state index >= 15 is 0 Å². The first-order valence-electron chi connectivity index (χ1n) is 10.1. The van der Waals surface area contributed by atoms with E-state index < -0.39 is 11.7 Å². The second-order valence-electron chi connectivity index (χ2n) is 7.66. The first kappa shape index (κ1) is 22.3. The summed E-state index contributed by atoms with van der Waals surface area (Å²) in [4.78, 5) is 17.0. The van der Waals surface area contributed by atoms with Crippen LogP contribution in [-0.2, 0) is 17.4 Å². The van der Waals surface area contributed by atoms with Gasteiger partial charge >= 0.3 is 6.18 Å². The molecular formula is C23H21F3N6O. The van der Waals surface area contributed by atoms with E-state index in [1.54, 1.807) is 45.0 Å². The minimum absolute atomic E-state index is 0.0284. The second kappa shape index (κ2) is 8.53. The number of hydrogen-bond acceptors (Lipinski definition) is 4. The van der Waals surface area contributed by atoms with Crippen molar-refractivity contribution in [2.75, 3.05) is 5.32 Å². The number of halogens is 3. The van der Waals surface area contributed by atoms with Crippen LogP contribution in [-0.4, -0.2) is 30.9 Å². The van der Waals surface area contributed by atoms with Crippen LogP contribution in [0.5, 0.6) is 0 Å². The van der Waals surface area contributed by atoms with E-state index in [1.165, 1.54) is 10.7 Å². The number of aromatic amines is 1. The predicted octanol–water partition coefficient (Wildman–Crippen LogP) is 4.78. The third kappa shape index (κ3) is 4.79. The molecule has 0 radical (unpaired) electrons. The molecule has 0 spiro atoms. The van der Waals surface area contributed by atoms with Crippen molar-refractivity contribution in [1.29, 1.82) is 0 Å². The number of aryl methyl sites for hydroxylation is 2. The maximum absolute atomic E-state index is 13.1. The van der Waals surface area contributed by atoms with Gasteiger partial charge in [0.1, 0.15) is 5.82 Å². The topological polar surface area (TPSA) is 88.5 Å². The fraction of sp³-hybridized carbons (Fsp3) is 0.217. The van der Waals surface area contributed by atoms with Gasteiger partial charge in [0.2, 0.25) is 5.91 Å². The summed E-state index contributed by atoms with van der Waals surface area (Å²) in [5.74, 6) is 0.939. The molecule has 10 heteroatoms. The van der Waals surface area contributed by atoms with Crippen molar-refractivity contribution in [3.8, 4) is 17.1 Å². The van der Waals surface area contributed by atoms with Crippen LogP contribution in [0.15, 0.2) is 48.5 Å². The zero-order chi connectivity index (χ0) is 23.8. The number of hydrogen-bond donors (Lipinski definition) is 2. The molecule has 2 aromatic heterocycles. The number of rotatable bonds is 5. The molecule has 0 aliphatic heterocycles. The number of amides is 1. The second-order valence-corrected chi connectivity index (χ2v) is 7.66. The van der Waals surface area contributed by atoms with Crippen molar-refractivity contribution < 1.29 is 18.0 Å². The Balaban J connectivity index is 1.54. The molecule has 0 aliphatic carbocycles. The molecule has 0 bridgehead atoms. The van der Waals surface area contributed by atoms with Gasteiger partial charge < -0.3 is 5.32 Å². The third-order valence-electron chi connectivity index (χ3n) is 5.20. The Bertz CT molecular complexity index is 1320. The molecule has 2 heterocycles. The first-order chi connectivity index (χ1) is 15.6. The molecule has 33 heavy (non-hydrogen) atoms. The van der Waals surface area contributed by atoms with Gasteiger partial charge in [-0.2, -0.15) is 23.4 Å². The van der Waals surface area contributed by atoms with Gasteiger partial charge in [-0.3, -0.25) is 9.89 Å². The Morgan fingerprint density at radius 2 is 1.85 bits per heavy atom. The summed E-state index contributed by atoms with van der Waals surface area (Å²) in [7, 11) is 0. The Morgan fingerprint density at radius 3 is 2.55 bits per heavy atom. The molecule has 2 aromatic carbocycles. The monoisotopic (exact) mass is 454 g/mol. The number of benzene rings is 2. The number of aromatic nitrogens is 5. The molecule has 2 N–H and O–H groups in total. The van der Waals surface area contributed by atoms with Crippen molar-refractivity contribution in [2.45, 2.75) is 33.4 Å². The summed E-state index contributed by atoms with van der Waals surface area (Å²) in [6.07, 6.45) is -4.42. The van der Waals surface area contributed by atoms with Crippen molar-refractivity contribution >= 4 is 11.6 Å². The van der Waals surface area contributed by atoms with E-state index in [0.29, 0.717) is 34.3 Å². The van der Waals surface area contributed by atoms with Crippen LogP contribution in [0.3, 0.4) is 0 Å². The van der Waals surface area contributed by atoms with Crippen molar-refractivity contribution in [2.24, 2.45) is 0 Å². The highest BCUT2D eigenvalue weighted by Gasteiger charge is 2.30. The van der Waals surface area contributed by atoms with Crippen LogP contribution >= 0.6 is 0 Å². The lowest BCUT2D eigenvalue weighted by molar-refractivity contribution is -0.137. The lowest BCUT2D eigenvalue weighted by Crippen LogP contribution is -2.15. The average Bonchev–Trinajstić information content (AvgIpc) is 3.32. The molecule has 4 rings (SSSR count). The van der Waals surface area contributed by atoms with Crippen LogP contribution in [0.4, 0.5) is 18.9 Å². The van der Waals surface area contributed by atoms with Gasteiger partial charge in [-0.15, -0.1) is 0 Å². The summed E-state index contributed by atoms with van der Waals surface area (Å²) in [5, 5.41) is 14.1. The lowest BCUT2D eigenvalue weighted by Gasteiger charge is -2.10. The molecule has 0 fully saturated rings. The maximum Gasteiger partial charge on any atom is 0.416 e. The number of H-pyrrole nitrogens is 1. The molecule has 1 amide bonds. The molecule has 0 saturated carbocycles. The van der Waals surface area contributed by atoms with E-state index in [0.717, 1.165) is 17.7 Å². The van der Waals surface area contributed by atoms with E-state index in [2.05, 4.69) is 25.6 Å². The van der Waals surface area contributed by atoms with Crippen LogP contribution in [0.2, 0.25) is 0 Å². The van der Waals surface area contributed by atoms with Crippen molar-refractivity contribution in [3.05, 3.63) is 76.9 Å². The van der Waals surface area contributed by atoms with E-state index in [-0.39, 0.29) is 18.0 Å². The zero-order valence-electron chi connectivity index (χ0n) is 18.2. The fourth-order valence-electron chi connectivity index (χ4n) is 3.57. The molecule has 170 valence electrons. The van der Waals surface area contributed by atoms with Crippen LogP contribution in [0, 0.1) is 20.8 Å². The highest BCUT2D eigenvalue weighted by molar-refractivity contribution is 5.93. The van der Waals surface area contributed by atoms with Gasteiger partial charge in [0.15, 0.2) is 5.82 Å². The number of nitrogens with one attached hydrogen (secondary N) is 2. The lowest BCUT2D eigenvalue weighted by atomic mass is 10.1. The van der Waals surface area contributed by atoms with Crippen LogP contribution < -0.4 is 5.32 Å². The van der Waals surface area contributed by atoms with Gasteiger partial charge in [-0.25, -0.2) is 9.67 Å². The Labute approximate surface area is 187 Å². The van der Waals surface area contributed by atoms with Gasteiger partial charge in [0.05, 0.1) is 23.4 Å². The van der Waals surface area contributed by atoms with Crippen molar-refractivity contribution in [3.63, 3.8) is 0 Å².